The van der Waals surface area contributed by atoms with E-state index in [1.807, 2.05) is 0 Å². The van der Waals surface area contributed by atoms with E-state index >= 15 is 0 Å². The lowest BCUT2D eigenvalue weighted by Crippen LogP contribution is -2.56. The van der Waals surface area contributed by atoms with Gasteiger partial charge in [0.2, 0.25) is 0 Å². The van der Waals surface area contributed by atoms with Gasteiger partial charge in [-0.15, -0.1) is 0 Å². The van der Waals surface area contributed by atoms with Crippen molar-refractivity contribution >= 4 is 0 Å². The molecular formula is C17H35N3. The molecule has 1 saturated heterocycles. The number of rotatable bonds is 6. The van der Waals surface area contributed by atoms with Crippen LogP contribution >= 0.6 is 0 Å². The third kappa shape index (κ3) is 3.75. The highest BCUT2D eigenvalue weighted by Gasteiger charge is 2.36. The Morgan fingerprint density at radius 1 is 1.15 bits per heavy atom. The van der Waals surface area contributed by atoms with Gasteiger partial charge in [-0.2, -0.15) is 0 Å². The first-order valence-electron chi connectivity index (χ1n) is 8.87. The molecule has 20 heavy (non-hydrogen) atoms. The minimum Gasteiger partial charge on any atom is -0.329 e. The summed E-state index contributed by atoms with van der Waals surface area (Å²) in [7, 11) is 2.30. The van der Waals surface area contributed by atoms with E-state index in [0.717, 1.165) is 19.1 Å². The van der Waals surface area contributed by atoms with Crippen molar-refractivity contribution in [2.75, 3.05) is 33.2 Å². The van der Waals surface area contributed by atoms with E-state index < -0.39 is 0 Å². The van der Waals surface area contributed by atoms with Crippen LogP contribution in [0.25, 0.3) is 0 Å². The van der Waals surface area contributed by atoms with E-state index in [0.29, 0.717) is 5.54 Å². The molecule has 1 aliphatic carbocycles. The van der Waals surface area contributed by atoms with Crippen molar-refractivity contribution in [3.05, 3.63) is 0 Å². The Bertz CT molecular complexity index is 273. The zero-order valence-electron chi connectivity index (χ0n) is 13.7. The lowest BCUT2D eigenvalue weighted by molar-refractivity contribution is 0.0490. The van der Waals surface area contributed by atoms with Gasteiger partial charge in [-0.25, -0.2) is 0 Å². The standard InChI is InChI=1S/C17H35N3/c1-3-20(17(15-18)11-6-4-7-12-17)14-10-16-9-5-8-13-19(16)2/h16H,3-15,18H2,1-2H3. The van der Waals surface area contributed by atoms with Gasteiger partial charge in [-0.1, -0.05) is 32.6 Å². The average molecular weight is 281 g/mol. The van der Waals surface area contributed by atoms with E-state index in [4.69, 9.17) is 5.73 Å². The molecule has 2 fully saturated rings. The highest BCUT2D eigenvalue weighted by Crippen LogP contribution is 2.33. The van der Waals surface area contributed by atoms with Crippen LogP contribution < -0.4 is 5.73 Å². The van der Waals surface area contributed by atoms with Crippen LogP contribution in [0.3, 0.4) is 0 Å². The van der Waals surface area contributed by atoms with Gasteiger partial charge < -0.3 is 10.6 Å². The van der Waals surface area contributed by atoms with Crippen LogP contribution in [0.5, 0.6) is 0 Å². The van der Waals surface area contributed by atoms with Gasteiger partial charge in [-0.05, 0) is 52.2 Å². The molecule has 1 unspecified atom stereocenters. The number of likely N-dealkylation sites (tertiary alicyclic amines) is 1. The summed E-state index contributed by atoms with van der Waals surface area (Å²) in [4.78, 5) is 5.29. The number of hydrogen-bond acceptors (Lipinski definition) is 3. The van der Waals surface area contributed by atoms with E-state index in [1.165, 1.54) is 70.9 Å². The second kappa shape index (κ2) is 7.77. The van der Waals surface area contributed by atoms with Gasteiger partial charge in [0, 0.05) is 24.7 Å². The molecule has 0 bridgehead atoms. The third-order valence-electron chi connectivity index (χ3n) is 5.87. The topological polar surface area (TPSA) is 32.5 Å². The molecule has 1 saturated carbocycles. The molecule has 2 N–H and O–H groups in total. The summed E-state index contributed by atoms with van der Waals surface area (Å²) < 4.78 is 0. The fraction of sp³-hybridized carbons (Fsp3) is 1.00. The number of hydrogen-bond donors (Lipinski definition) is 1. The molecule has 0 radical (unpaired) electrons. The van der Waals surface area contributed by atoms with Gasteiger partial charge >= 0.3 is 0 Å². The van der Waals surface area contributed by atoms with Gasteiger partial charge in [0.15, 0.2) is 0 Å². The van der Waals surface area contributed by atoms with Crippen molar-refractivity contribution in [2.45, 2.75) is 76.3 Å². The molecule has 2 aliphatic rings. The Hall–Kier alpha value is -0.120. The van der Waals surface area contributed by atoms with Gasteiger partial charge in [0.1, 0.15) is 0 Å². The van der Waals surface area contributed by atoms with Gasteiger partial charge in [-0.3, -0.25) is 4.90 Å². The Morgan fingerprint density at radius 3 is 2.50 bits per heavy atom. The zero-order chi connectivity index (χ0) is 14.4. The molecule has 1 heterocycles. The molecule has 118 valence electrons. The molecule has 0 aromatic rings. The molecule has 0 aromatic heterocycles. The zero-order valence-corrected chi connectivity index (χ0v) is 13.7. The summed E-state index contributed by atoms with van der Waals surface area (Å²) in [6, 6.07) is 0.802. The Labute approximate surface area is 125 Å². The molecule has 1 aliphatic heterocycles. The Kier molecular flexibility index (Phi) is 6.31. The summed E-state index contributed by atoms with van der Waals surface area (Å²) in [5.41, 5.74) is 6.52. The van der Waals surface area contributed by atoms with E-state index in [9.17, 15) is 0 Å². The van der Waals surface area contributed by atoms with E-state index in [-0.39, 0.29) is 0 Å². The van der Waals surface area contributed by atoms with Crippen molar-refractivity contribution in [1.82, 2.24) is 9.80 Å². The molecule has 0 aromatic carbocycles. The first kappa shape index (κ1) is 16.3. The van der Waals surface area contributed by atoms with Crippen LogP contribution in [-0.4, -0.2) is 54.6 Å². The minimum atomic E-state index is 0.320. The van der Waals surface area contributed by atoms with Gasteiger partial charge in [0.25, 0.3) is 0 Å². The fourth-order valence-electron chi connectivity index (χ4n) is 4.40. The van der Waals surface area contributed by atoms with Crippen LogP contribution in [0.4, 0.5) is 0 Å². The second-order valence-corrected chi connectivity index (χ2v) is 6.99. The first-order chi connectivity index (χ1) is 9.72. The van der Waals surface area contributed by atoms with E-state index in [1.54, 1.807) is 0 Å². The van der Waals surface area contributed by atoms with Crippen molar-refractivity contribution in [3.8, 4) is 0 Å². The summed E-state index contributed by atoms with van der Waals surface area (Å²) in [5.74, 6) is 0. The predicted octanol–water partition coefficient (Wildman–Crippen LogP) is 2.84. The number of piperidine rings is 1. The smallest absolute Gasteiger partial charge is 0.0331 e. The van der Waals surface area contributed by atoms with Crippen LogP contribution in [0.1, 0.15) is 64.7 Å². The Balaban J connectivity index is 1.90. The van der Waals surface area contributed by atoms with Crippen molar-refractivity contribution in [1.29, 1.82) is 0 Å². The lowest BCUT2D eigenvalue weighted by Gasteiger charge is -2.46. The summed E-state index contributed by atoms with van der Waals surface area (Å²) in [6.45, 7) is 6.85. The molecule has 2 rings (SSSR count). The summed E-state index contributed by atoms with van der Waals surface area (Å²) in [5, 5.41) is 0. The van der Waals surface area contributed by atoms with Crippen LogP contribution in [0, 0.1) is 0 Å². The van der Waals surface area contributed by atoms with Crippen LogP contribution in [0.15, 0.2) is 0 Å². The minimum absolute atomic E-state index is 0.320. The molecule has 3 nitrogen and oxygen atoms in total. The van der Waals surface area contributed by atoms with Crippen LogP contribution in [-0.2, 0) is 0 Å². The SMILES string of the molecule is CCN(CCC1CCCCN1C)C1(CN)CCCCC1. The summed E-state index contributed by atoms with van der Waals surface area (Å²) >= 11 is 0. The summed E-state index contributed by atoms with van der Waals surface area (Å²) in [6.07, 6.45) is 12.3. The third-order valence-corrected chi connectivity index (χ3v) is 5.87. The number of likely N-dealkylation sites (N-methyl/N-ethyl adjacent to an activating group) is 1. The van der Waals surface area contributed by atoms with Crippen molar-refractivity contribution in [2.24, 2.45) is 5.73 Å². The van der Waals surface area contributed by atoms with E-state index in [2.05, 4.69) is 23.8 Å². The largest absolute Gasteiger partial charge is 0.329 e. The van der Waals surface area contributed by atoms with Gasteiger partial charge in [0.05, 0.1) is 0 Å². The molecule has 0 amide bonds. The normalized spacial score (nSPS) is 27.9. The number of nitrogens with two attached hydrogens (primary N) is 1. The monoisotopic (exact) mass is 281 g/mol. The molecule has 3 heteroatoms. The van der Waals surface area contributed by atoms with Crippen molar-refractivity contribution < 1.29 is 0 Å². The molecule has 1 atom stereocenters. The maximum absolute atomic E-state index is 6.20. The van der Waals surface area contributed by atoms with Crippen molar-refractivity contribution in [3.63, 3.8) is 0 Å². The maximum Gasteiger partial charge on any atom is 0.0331 e. The first-order valence-corrected chi connectivity index (χ1v) is 8.87. The molecular weight excluding hydrogens is 246 g/mol. The maximum atomic E-state index is 6.20. The average Bonchev–Trinajstić information content (AvgIpc) is 2.50. The highest BCUT2D eigenvalue weighted by atomic mass is 15.2. The molecule has 0 spiro atoms. The number of nitrogens with zero attached hydrogens (tertiary/aromatic N) is 2. The quantitative estimate of drug-likeness (QED) is 0.812. The fourth-order valence-corrected chi connectivity index (χ4v) is 4.40. The van der Waals surface area contributed by atoms with Crippen LogP contribution in [0.2, 0.25) is 0 Å². The Morgan fingerprint density at radius 2 is 1.90 bits per heavy atom. The lowest BCUT2D eigenvalue weighted by atomic mass is 9.80. The highest BCUT2D eigenvalue weighted by molar-refractivity contribution is 4.94. The second-order valence-electron chi connectivity index (χ2n) is 6.99. The predicted molar refractivity (Wildman–Crippen MR) is 87.0 cm³/mol.